The van der Waals surface area contributed by atoms with Gasteiger partial charge in [-0.05, 0) is 25.0 Å². The van der Waals surface area contributed by atoms with Crippen LogP contribution < -0.4 is 0 Å². The molecule has 0 bridgehead atoms. The normalized spacial score (nSPS) is 20.5. The van der Waals surface area contributed by atoms with Crippen LogP contribution in [-0.2, 0) is 16.1 Å². The van der Waals surface area contributed by atoms with Gasteiger partial charge in [0.25, 0.3) is 23.4 Å². The van der Waals surface area contributed by atoms with Crippen molar-refractivity contribution in [2.45, 2.75) is 32.2 Å². The Hall–Kier alpha value is -3.62. The van der Waals surface area contributed by atoms with Gasteiger partial charge in [-0.1, -0.05) is 37.1 Å². The summed E-state index contributed by atoms with van der Waals surface area (Å²) in [6.07, 6.45) is 2.76. The topological polar surface area (TPSA) is 101 Å². The molecule has 3 amide bonds. The molecule has 2 aromatic carbocycles. The van der Waals surface area contributed by atoms with Crippen molar-refractivity contribution >= 4 is 23.4 Å². The molecule has 1 saturated heterocycles. The van der Waals surface area contributed by atoms with E-state index in [1.54, 1.807) is 6.07 Å². The summed E-state index contributed by atoms with van der Waals surface area (Å²) in [5.74, 6) is -3.33. The predicted octanol–water partition coefficient (Wildman–Crippen LogP) is 3.47. The second kappa shape index (κ2) is 8.25. The number of hydrogen-bond acceptors (Lipinski definition) is 5. The fraction of sp³-hybridized carbons (Fsp3) is 0.318. The van der Waals surface area contributed by atoms with Crippen LogP contribution in [0.15, 0.2) is 48.5 Å². The van der Waals surface area contributed by atoms with E-state index in [0.717, 1.165) is 28.9 Å². The van der Waals surface area contributed by atoms with E-state index >= 15 is 0 Å². The third kappa shape index (κ3) is 3.78. The van der Waals surface area contributed by atoms with Crippen LogP contribution >= 0.6 is 0 Å². The van der Waals surface area contributed by atoms with Crippen molar-refractivity contribution < 1.29 is 23.7 Å². The third-order valence-corrected chi connectivity index (χ3v) is 5.88. The Morgan fingerprint density at radius 2 is 1.71 bits per heavy atom. The van der Waals surface area contributed by atoms with Gasteiger partial charge < -0.3 is 0 Å². The first-order valence-corrected chi connectivity index (χ1v) is 10.1. The van der Waals surface area contributed by atoms with Gasteiger partial charge in [0.1, 0.15) is 5.82 Å². The number of rotatable bonds is 5. The molecule has 4 rings (SSSR count). The first kappa shape index (κ1) is 20.6. The summed E-state index contributed by atoms with van der Waals surface area (Å²) in [5, 5.41) is 12.9. The molecule has 160 valence electrons. The van der Waals surface area contributed by atoms with Crippen molar-refractivity contribution in [3.8, 4) is 0 Å². The van der Waals surface area contributed by atoms with Gasteiger partial charge in [0, 0.05) is 23.3 Å². The predicted molar refractivity (Wildman–Crippen MR) is 107 cm³/mol. The number of nitrogens with zero attached hydrogens (tertiary/aromatic N) is 3. The van der Waals surface area contributed by atoms with Crippen molar-refractivity contribution in [1.82, 2.24) is 10.0 Å². The molecule has 2 aromatic rings. The average Bonchev–Trinajstić information content (AvgIpc) is 3.03. The van der Waals surface area contributed by atoms with Gasteiger partial charge >= 0.3 is 0 Å². The molecule has 0 radical (unpaired) electrons. The average molecular weight is 425 g/mol. The fourth-order valence-electron chi connectivity index (χ4n) is 4.31. The van der Waals surface area contributed by atoms with E-state index < -0.39 is 40.3 Å². The molecule has 1 aliphatic heterocycles. The van der Waals surface area contributed by atoms with E-state index in [1.807, 2.05) is 0 Å². The van der Waals surface area contributed by atoms with Crippen molar-refractivity contribution in [2.75, 3.05) is 0 Å². The van der Waals surface area contributed by atoms with Gasteiger partial charge in [-0.2, -0.15) is 5.01 Å². The van der Waals surface area contributed by atoms with E-state index in [1.165, 1.54) is 36.4 Å². The Kier molecular flexibility index (Phi) is 5.50. The van der Waals surface area contributed by atoms with Crippen LogP contribution in [0.4, 0.5) is 10.1 Å². The molecule has 31 heavy (non-hydrogen) atoms. The third-order valence-electron chi connectivity index (χ3n) is 5.88. The fourth-order valence-corrected chi connectivity index (χ4v) is 4.31. The van der Waals surface area contributed by atoms with Crippen LogP contribution in [0.25, 0.3) is 0 Å². The summed E-state index contributed by atoms with van der Waals surface area (Å²) in [6.45, 7) is -0.356. The molecular weight excluding hydrogens is 405 g/mol. The first-order chi connectivity index (χ1) is 14.9. The molecule has 2 atom stereocenters. The minimum absolute atomic E-state index is 0.0685. The lowest BCUT2D eigenvalue weighted by molar-refractivity contribution is -0.384. The van der Waals surface area contributed by atoms with Crippen LogP contribution in [0.5, 0.6) is 0 Å². The van der Waals surface area contributed by atoms with Crippen molar-refractivity contribution in [2.24, 2.45) is 11.8 Å². The highest BCUT2D eigenvalue weighted by atomic mass is 19.1. The first-order valence-electron chi connectivity index (χ1n) is 10.1. The molecule has 0 N–H and O–H groups in total. The number of hydrazine groups is 1. The lowest BCUT2D eigenvalue weighted by atomic mass is 9.81. The van der Waals surface area contributed by atoms with Crippen molar-refractivity contribution in [3.05, 3.63) is 75.6 Å². The summed E-state index contributed by atoms with van der Waals surface area (Å²) < 4.78 is 14.3. The number of halogens is 1. The summed E-state index contributed by atoms with van der Waals surface area (Å²) in [4.78, 5) is 50.0. The Balaban J connectivity index is 1.75. The van der Waals surface area contributed by atoms with Gasteiger partial charge in [-0.25, -0.2) is 9.40 Å². The highest BCUT2D eigenvalue weighted by Crippen LogP contribution is 2.39. The van der Waals surface area contributed by atoms with Crippen LogP contribution in [0.2, 0.25) is 0 Å². The van der Waals surface area contributed by atoms with E-state index in [9.17, 15) is 28.9 Å². The van der Waals surface area contributed by atoms with Crippen molar-refractivity contribution in [1.29, 1.82) is 0 Å². The maximum Gasteiger partial charge on any atom is 0.273 e. The van der Waals surface area contributed by atoms with Gasteiger partial charge in [0.05, 0.1) is 23.3 Å². The van der Waals surface area contributed by atoms with E-state index in [-0.39, 0.29) is 23.4 Å². The number of imide groups is 1. The number of nitro benzene ring substituents is 1. The molecule has 0 aromatic heterocycles. The lowest BCUT2D eigenvalue weighted by Gasteiger charge is -2.30. The summed E-state index contributed by atoms with van der Waals surface area (Å²) in [5.41, 5.74) is -0.248. The molecule has 1 heterocycles. The van der Waals surface area contributed by atoms with Crippen LogP contribution in [-0.4, -0.2) is 32.7 Å². The number of amides is 3. The van der Waals surface area contributed by atoms with E-state index in [4.69, 9.17) is 0 Å². The molecule has 0 spiro atoms. The lowest BCUT2D eigenvalue weighted by Crippen LogP contribution is -2.50. The SMILES string of the molecule is O=C(c1cccc([N+](=O)[O-])c1)N(Cc1ccccc1F)N1C(=O)[C@@H]2CCCC[C@H]2C1=O. The quantitative estimate of drug-likeness (QED) is 0.415. The van der Waals surface area contributed by atoms with E-state index in [2.05, 4.69) is 0 Å². The van der Waals surface area contributed by atoms with Crippen molar-refractivity contribution in [3.63, 3.8) is 0 Å². The molecule has 2 aliphatic rings. The highest BCUT2D eigenvalue weighted by molar-refractivity contribution is 6.07. The Morgan fingerprint density at radius 3 is 2.32 bits per heavy atom. The van der Waals surface area contributed by atoms with Gasteiger partial charge in [0.15, 0.2) is 0 Å². The molecule has 1 aliphatic carbocycles. The zero-order chi connectivity index (χ0) is 22.1. The maximum atomic E-state index is 14.3. The van der Waals surface area contributed by atoms with Crippen LogP contribution in [0.1, 0.15) is 41.6 Å². The summed E-state index contributed by atoms with van der Waals surface area (Å²) >= 11 is 0. The van der Waals surface area contributed by atoms with Crippen LogP contribution in [0, 0.1) is 27.8 Å². The van der Waals surface area contributed by atoms with Crippen LogP contribution in [0.3, 0.4) is 0 Å². The number of nitro groups is 1. The smallest absolute Gasteiger partial charge is 0.272 e. The van der Waals surface area contributed by atoms with Gasteiger partial charge in [-0.3, -0.25) is 24.5 Å². The zero-order valence-corrected chi connectivity index (χ0v) is 16.6. The number of carbonyl (C=O) groups is 3. The van der Waals surface area contributed by atoms with Gasteiger partial charge in [-0.15, -0.1) is 0 Å². The standard InChI is InChI=1S/C22H20FN3O5/c23-19-11-4-1-6-15(19)13-24(20(27)14-7-5-8-16(12-14)26(30)31)25-21(28)17-9-2-3-10-18(17)22(25)29/h1,4-8,11-12,17-18H,2-3,9-10,13H2/t17-,18-/m1/s1. The summed E-state index contributed by atoms with van der Waals surface area (Å²) in [6, 6.07) is 10.8. The van der Waals surface area contributed by atoms with E-state index in [0.29, 0.717) is 12.8 Å². The Bertz CT molecular complexity index is 1050. The monoisotopic (exact) mass is 425 g/mol. The second-order valence-corrected chi connectivity index (χ2v) is 7.75. The number of hydrogen-bond donors (Lipinski definition) is 0. The molecule has 2 fully saturated rings. The number of carbonyl (C=O) groups excluding carboxylic acids is 3. The molecule has 1 saturated carbocycles. The van der Waals surface area contributed by atoms with Gasteiger partial charge in [0.2, 0.25) is 0 Å². The number of non-ortho nitro benzene ring substituents is 1. The minimum atomic E-state index is -0.785. The second-order valence-electron chi connectivity index (χ2n) is 7.75. The maximum absolute atomic E-state index is 14.3. The summed E-state index contributed by atoms with van der Waals surface area (Å²) in [7, 11) is 0. The molecule has 9 heteroatoms. The number of fused-ring (bicyclic) bond motifs is 1. The minimum Gasteiger partial charge on any atom is -0.272 e. The molecule has 0 unspecified atom stereocenters. The molecule has 8 nitrogen and oxygen atoms in total. The molecular formula is C22H20FN3O5. The Labute approximate surface area is 177 Å². The largest absolute Gasteiger partial charge is 0.273 e. The zero-order valence-electron chi connectivity index (χ0n) is 16.6. The number of benzene rings is 2. The Morgan fingerprint density at radius 1 is 1.06 bits per heavy atom. The highest BCUT2D eigenvalue weighted by Gasteiger charge is 2.51.